The van der Waals surface area contributed by atoms with E-state index in [-0.39, 0.29) is 18.1 Å². The molecule has 0 spiro atoms. The van der Waals surface area contributed by atoms with Crippen LogP contribution >= 0.6 is 7.14 Å². The lowest BCUT2D eigenvalue weighted by Crippen LogP contribution is -2.54. The van der Waals surface area contributed by atoms with Crippen molar-refractivity contribution in [3.63, 3.8) is 0 Å². The van der Waals surface area contributed by atoms with E-state index in [2.05, 4.69) is 4.99 Å². The fraction of sp³-hybridized carbons (Fsp3) is 0.550. The largest absolute Gasteiger partial charge is 0.508 e. The number of sulfone groups is 2. The monoisotopic (exact) mass is 583 g/mol. The van der Waals surface area contributed by atoms with Gasteiger partial charge in [0.25, 0.3) is 9.84 Å². The lowest BCUT2D eigenvalue weighted by Gasteiger charge is -2.40. The molecule has 1 aromatic carbocycles. The van der Waals surface area contributed by atoms with Crippen LogP contribution in [0.25, 0.3) is 0 Å². The Morgan fingerprint density at radius 2 is 1.36 bits per heavy atom. The van der Waals surface area contributed by atoms with E-state index in [1.807, 2.05) is 0 Å². The molecule has 2 atom stereocenters. The zero-order chi connectivity index (χ0) is 28.2. The lowest BCUT2D eigenvalue weighted by atomic mass is 10.3. The van der Waals surface area contributed by atoms with Crippen LogP contribution in [0, 0.1) is 0 Å². The number of nitrogens with zero attached hydrogens (tertiary/aromatic N) is 2. The van der Waals surface area contributed by atoms with Gasteiger partial charge in [-0.2, -0.15) is 31.3 Å². The highest BCUT2D eigenvalue weighted by Crippen LogP contribution is 2.68. The molecule has 204 valence electrons. The van der Waals surface area contributed by atoms with E-state index in [1.54, 1.807) is 6.92 Å². The molecule has 0 aliphatic carbocycles. The molecule has 36 heavy (non-hydrogen) atoms. The second kappa shape index (κ2) is 9.25. The maximum atomic E-state index is 14.9. The molecule has 7 nitrogen and oxygen atoms in total. The fourth-order valence-corrected chi connectivity index (χ4v) is 10.1. The third-order valence-electron chi connectivity index (χ3n) is 5.70. The van der Waals surface area contributed by atoms with E-state index in [9.17, 15) is 47.7 Å². The third kappa shape index (κ3) is 4.67. The number of rotatable bonds is 6. The van der Waals surface area contributed by atoms with Crippen molar-refractivity contribution in [2.24, 2.45) is 4.99 Å². The van der Waals surface area contributed by atoms with Crippen molar-refractivity contribution in [1.82, 2.24) is 0 Å². The molecule has 0 aromatic heterocycles. The molecule has 0 amide bonds. The summed E-state index contributed by atoms with van der Waals surface area (Å²) in [4.78, 5) is 3.04. The van der Waals surface area contributed by atoms with Crippen LogP contribution in [0.4, 0.5) is 26.3 Å². The quantitative estimate of drug-likeness (QED) is 0.264. The Labute approximate surface area is 205 Å². The van der Waals surface area contributed by atoms with Crippen LogP contribution in [0.5, 0.6) is 0 Å². The number of aliphatic imine (C=N–C) groups is 1. The number of alkyl halides is 6. The van der Waals surface area contributed by atoms with Crippen LogP contribution in [0.3, 0.4) is 0 Å². The van der Waals surface area contributed by atoms with Crippen molar-refractivity contribution in [3.05, 3.63) is 40.8 Å². The van der Waals surface area contributed by atoms with Crippen molar-refractivity contribution in [2.75, 3.05) is 13.6 Å². The molecular formula is C20H26F6N2O5PS2+. The number of hydrogen-bond donors (Lipinski definition) is 0. The van der Waals surface area contributed by atoms with Crippen LogP contribution < -0.4 is 5.30 Å². The molecule has 1 heterocycles. The predicted octanol–water partition coefficient (Wildman–Crippen LogP) is 5.09. The molecule has 16 heteroatoms. The van der Waals surface area contributed by atoms with Crippen LogP contribution in [0.2, 0.25) is 0 Å². The van der Waals surface area contributed by atoms with Gasteiger partial charge < -0.3 is 4.57 Å². The van der Waals surface area contributed by atoms with Gasteiger partial charge in [0.15, 0.2) is 0 Å². The minimum atomic E-state index is -6.54. The number of hydrogen-bond acceptors (Lipinski definition) is 6. The first-order valence-electron chi connectivity index (χ1n) is 10.5. The average Bonchev–Trinajstić information content (AvgIpc) is 3.04. The molecule has 2 unspecified atom stereocenters. The van der Waals surface area contributed by atoms with Gasteiger partial charge in [0.1, 0.15) is 0 Å². The first-order chi connectivity index (χ1) is 16.0. The third-order valence-corrected chi connectivity index (χ3v) is 13.0. The van der Waals surface area contributed by atoms with Gasteiger partial charge in [-0.15, -0.1) is 0 Å². The first kappa shape index (κ1) is 30.5. The van der Waals surface area contributed by atoms with Crippen LogP contribution in [0.1, 0.15) is 40.5 Å². The van der Waals surface area contributed by atoms with Crippen molar-refractivity contribution >= 4 is 37.3 Å². The summed E-state index contributed by atoms with van der Waals surface area (Å²) in [5, 5.41) is -5.58. The number of halogens is 6. The molecule has 1 aliphatic heterocycles. The standard InChI is InChI=1S/C20H26F6N2O5PS2/c1-6-7-13-28(5)16(34(29,18(2,3)4)14-11-9-8-10-12-14)15(35(30,31)19(21,22)23)27-17(28)36(32,33)20(24,25)26/h8-12H,6-7,13H2,1-5H3/q+1. The molecule has 0 N–H and O–H groups in total. The van der Waals surface area contributed by atoms with E-state index in [4.69, 9.17) is 0 Å². The highest BCUT2D eigenvalue weighted by molar-refractivity contribution is 8.06. The Hall–Kier alpha value is -1.70. The summed E-state index contributed by atoms with van der Waals surface area (Å²) in [5.41, 5.74) is -13.2. The molecule has 0 saturated carbocycles. The Morgan fingerprint density at radius 3 is 1.75 bits per heavy atom. The highest BCUT2D eigenvalue weighted by Gasteiger charge is 2.68. The maximum absolute atomic E-state index is 14.9. The summed E-state index contributed by atoms with van der Waals surface area (Å²) in [6.45, 7) is 4.91. The lowest BCUT2D eigenvalue weighted by molar-refractivity contribution is -0.767. The normalized spacial score (nSPS) is 21.9. The summed E-state index contributed by atoms with van der Waals surface area (Å²) in [6, 6.07) is 6.68. The number of benzene rings is 1. The first-order valence-corrected chi connectivity index (χ1v) is 15.2. The van der Waals surface area contributed by atoms with Gasteiger partial charge in [0.05, 0.1) is 13.6 Å². The Morgan fingerprint density at radius 1 is 0.889 bits per heavy atom. The predicted molar refractivity (Wildman–Crippen MR) is 124 cm³/mol. The van der Waals surface area contributed by atoms with Gasteiger partial charge in [0.2, 0.25) is 17.6 Å². The number of quaternary nitrogens is 1. The maximum Gasteiger partial charge on any atom is 0.508 e. The summed E-state index contributed by atoms with van der Waals surface area (Å²) >= 11 is 0. The van der Waals surface area contributed by atoms with E-state index in [0.29, 0.717) is 0 Å². The molecule has 1 aromatic rings. The van der Waals surface area contributed by atoms with Gasteiger partial charge in [-0.25, -0.2) is 21.3 Å². The summed E-state index contributed by atoms with van der Waals surface area (Å²) < 4.78 is 146. The van der Waals surface area contributed by atoms with Crippen LogP contribution in [-0.2, 0) is 24.2 Å². The number of unbranched alkanes of at least 4 members (excludes halogenated alkanes) is 1. The molecule has 0 fully saturated rings. The zero-order valence-electron chi connectivity index (χ0n) is 20.0. The Kier molecular flexibility index (Phi) is 7.84. The minimum absolute atomic E-state index is 0.0509. The second-order valence-corrected chi connectivity index (χ2v) is 16.5. The van der Waals surface area contributed by atoms with Crippen LogP contribution in [-0.4, -0.2) is 56.3 Å². The zero-order valence-corrected chi connectivity index (χ0v) is 22.5. The van der Waals surface area contributed by atoms with E-state index < -0.39 is 69.7 Å². The summed E-state index contributed by atoms with van der Waals surface area (Å²) in [7, 11) is -16.8. The SMILES string of the molecule is CCCC[N+]1(C)C(S(=O)(=O)C(F)(F)F)=NC(S(=O)(=O)C(F)(F)F)=C1P(=O)(c1ccccc1)C(C)(C)C. The number of amidine groups is 1. The Bertz CT molecular complexity index is 1350. The molecular weight excluding hydrogens is 557 g/mol. The summed E-state index contributed by atoms with van der Waals surface area (Å²) in [5.74, 6) is 0. The smallest absolute Gasteiger partial charge is 0.307 e. The van der Waals surface area contributed by atoms with Crippen molar-refractivity contribution in [3.8, 4) is 0 Å². The van der Waals surface area contributed by atoms with Gasteiger partial charge in [0, 0.05) is 10.5 Å². The summed E-state index contributed by atoms with van der Waals surface area (Å²) in [6.07, 6.45) is 0.192. The topological polar surface area (TPSA) is 97.7 Å². The van der Waals surface area contributed by atoms with E-state index in [0.717, 1.165) is 7.05 Å². The molecule has 1 aliphatic rings. The van der Waals surface area contributed by atoms with Crippen molar-refractivity contribution in [2.45, 2.75) is 56.7 Å². The van der Waals surface area contributed by atoms with Gasteiger partial charge in [-0.3, -0.25) is 0 Å². The van der Waals surface area contributed by atoms with E-state index in [1.165, 1.54) is 51.1 Å². The highest BCUT2D eigenvalue weighted by atomic mass is 32.2. The van der Waals surface area contributed by atoms with Gasteiger partial charge in [-0.05, 0) is 6.42 Å². The second-order valence-electron chi connectivity index (χ2n) is 9.31. The van der Waals surface area contributed by atoms with Gasteiger partial charge >= 0.3 is 26.0 Å². The average molecular weight is 584 g/mol. The Balaban J connectivity index is 3.25. The van der Waals surface area contributed by atoms with E-state index >= 15 is 0 Å². The fourth-order valence-electron chi connectivity index (χ4n) is 3.85. The van der Waals surface area contributed by atoms with Crippen LogP contribution in [0.15, 0.2) is 45.8 Å². The molecule has 2 rings (SSSR count). The minimum Gasteiger partial charge on any atom is -0.307 e. The molecule has 0 saturated heterocycles. The molecule has 0 radical (unpaired) electrons. The molecule has 0 bridgehead atoms. The van der Waals surface area contributed by atoms with Gasteiger partial charge in [-0.1, -0.05) is 64.4 Å². The van der Waals surface area contributed by atoms with Crippen molar-refractivity contribution < 1.29 is 52.2 Å². The van der Waals surface area contributed by atoms with Crippen molar-refractivity contribution in [1.29, 1.82) is 0 Å².